The van der Waals surface area contributed by atoms with Gasteiger partial charge >= 0.3 is 6.18 Å². The lowest BCUT2D eigenvalue weighted by Crippen LogP contribution is -2.46. The number of carbonyl (C=O) groups excluding carboxylic acids is 1. The van der Waals surface area contributed by atoms with Crippen molar-refractivity contribution in [2.24, 2.45) is 0 Å². The molecule has 1 N–H and O–H groups in total. The predicted molar refractivity (Wildman–Crippen MR) is 126 cm³/mol. The Morgan fingerprint density at radius 2 is 2.03 bits per heavy atom. The number of pyridine rings is 1. The van der Waals surface area contributed by atoms with Crippen molar-refractivity contribution in [2.75, 3.05) is 32.8 Å². The van der Waals surface area contributed by atoms with E-state index in [0.29, 0.717) is 44.8 Å². The molecule has 0 spiro atoms. The highest BCUT2D eigenvalue weighted by atomic mass is 35.5. The van der Waals surface area contributed by atoms with Crippen LogP contribution in [0.3, 0.4) is 0 Å². The Hall–Kier alpha value is -1.88. The van der Waals surface area contributed by atoms with Crippen LogP contribution in [0.1, 0.15) is 73.5 Å². The zero-order valence-electron chi connectivity index (χ0n) is 20.0. The van der Waals surface area contributed by atoms with Crippen molar-refractivity contribution in [3.63, 3.8) is 0 Å². The van der Waals surface area contributed by atoms with E-state index in [2.05, 4.69) is 4.98 Å². The van der Waals surface area contributed by atoms with Gasteiger partial charge in [0.05, 0.1) is 12.2 Å². The second kappa shape index (κ2) is 10.6. The van der Waals surface area contributed by atoms with Crippen LogP contribution in [-0.2, 0) is 10.9 Å². The summed E-state index contributed by atoms with van der Waals surface area (Å²) in [5.41, 5.74) is -1.06. The number of ether oxygens (including phenoxy) is 1. The van der Waals surface area contributed by atoms with E-state index in [-0.39, 0.29) is 28.5 Å². The van der Waals surface area contributed by atoms with Crippen molar-refractivity contribution in [3.8, 4) is 0 Å². The smallest absolute Gasteiger partial charge is 0.381 e. The number of amides is 1. The molecule has 35 heavy (non-hydrogen) atoms. The van der Waals surface area contributed by atoms with Crippen molar-refractivity contribution in [1.82, 2.24) is 19.2 Å². The maximum atomic E-state index is 13.9. The van der Waals surface area contributed by atoms with E-state index in [1.165, 1.54) is 15.5 Å². The number of imidazole rings is 1. The van der Waals surface area contributed by atoms with Crippen LogP contribution in [0.2, 0.25) is 5.15 Å². The van der Waals surface area contributed by atoms with Gasteiger partial charge < -0.3 is 14.7 Å². The molecule has 2 atom stereocenters. The number of aromatic nitrogens is 2. The minimum absolute atomic E-state index is 0.141. The number of aliphatic hydroxyl groups excluding tert-OH is 1. The number of rotatable bonds is 8. The Bertz CT molecular complexity index is 1050. The van der Waals surface area contributed by atoms with E-state index in [1.54, 1.807) is 13.8 Å². The molecule has 1 amide bonds. The summed E-state index contributed by atoms with van der Waals surface area (Å²) in [7, 11) is 0. The second-order valence-corrected chi connectivity index (χ2v) is 9.74. The topological polar surface area (TPSA) is 70.3 Å². The van der Waals surface area contributed by atoms with E-state index in [9.17, 15) is 23.1 Å². The van der Waals surface area contributed by atoms with Gasteiger partial charge in [0.2, 0.25) is 0 Å². The second-order valence-electron chi connectivity index (χ2n) is 9.38. The third-order valence-corrected chi connectivity index (χ3v) is 7.52. The van der Waals surface area contributed by atoms with Gasteiger partial charge in [-0.25, -0.2) is 4.98 Å². The zero-order chi connectivity index (χ0) is 25.3. The van der Waals surface area contributed by atoms with Crippen molar-refractivity contribution in [3.05, 3.63) is 34.2 Å². The van der Waals surface area contributed by atoms with Gasteiger partial charge in [-0.05, 0) is 44.7 Å². The molecule has 0 bridgehead atoms. The lowest BCUT2D eigenvalue weighted by Gasteiger charge is -2.33. The molecule has 2 aliphatic rings. The van der Waals surface area contributed by atoms with Crippen molar-refractivity contribution in [1.29, 1.82) is 0 Å². The third kappa shape index (κ3) is 5.45. The molecule has 1 aliphatic carbocycles. The third-order valence-electron chi connectivity index (χ3n) is 7.16. The number of alkyl halides is 3. The lowest BCUT2D eigenvalue weighted by molar-refractivity contribution is -0.136. The first-order valence-electron chi connectivity index (χ1n) is 12.2. The van der Waals surface area contributed by atoms with Crippen LogP contribution in [-0.4, -0.2) is 75.3 Å². The van der Waals surface area contributed by atoms with Crippen LogP contribution in [0.5, 0.6) is 0 Å². The molecule has 2 unspecified atom stereocenters. The van der Waals surface area contributed by atoms with Crippen LogP contribution in [0.25, 0.3) is 5.65 Å². The molecule has 1 saturated heterocycles. The lowest BCUT2D eigenvalue weighted by atomic mass is 9.99. The number of carbonyl (C=O) groups is 1. The van der Waals surface area contributed by atoms with E-state index >= 15 is 0 Å². The summed E-state index contributed by atoms with van der Waals surface area (Å²) in [6.07, 6.45) is 1.05. The predicted octanol–water partition coefficient (Wildman–Crippen LogP) is 4.56. The summed E-state index contributed by atoms with van der Waals surface area (Å²) in [5.74, 6) is -0.704. The molecule has 194 valence electrons. The highest BCUT2D eigenvalue weighted by molar-refractivity contribution is 6.33. The number of aliphatic hydroxyl groups is 1. The first-order chi connectivity index (χ1) is 16.6. The molecule has 3 heterocycles. The molecule has 0 radical (unpaired) electrons. The fraction of sp³-hybridized carbons (Fsp3) is 0.667. The quantitative estimate of drug-likeness (QED) is 0.521. The van der Waals surface area contributed by atoms with Gasteiger partial charge in [0.15, 0.2) is 11.3 Å². The normalized spacial score (nSPS) is 20.3. The molecule has 2 aromatic heterocycles. The summed E-state index contributed by atoms with van der Waals surface area (Å²) in [6.45, 7) is 5.42. The molecule has 2 aromatic rings. The number of nitrogens with zero attached hydrogens (tertiary/aromatic N) is 4. The van der Waals surface area contributed by atoms with E-state index in [4.69, 9.17) is 16.3 Å². The van der Waals surface area contributed by atoms with Crippen molar-refractivity contribution in [2.45, 2.75) is 70.3 Å². The molecule has 2 fully saturated rings. The van der Waals surface area contributed by atoms with Gasteiger partial charge in [-0.15, -0.1) is 0 Å². The minimum Gasteiger partial charge on any atom is -0.381 e. The molecular weight excluding hydrogens is 485 g/mol. The van der Waals surface area contributed by atoms with Gasteiger partial charge in [0.25, 0.3) is 5.91 Å². The van der Waals surface area contributed by atoms with Gasteiger partial charge in [-0.3, -0.25) is 14.1 Å². The molecular formula is C24H32ClF3N4O3. The molecule has 1 aliphatic heterocycles. The van der Waals surface area contributed by atoms with Crippen LogP contribution in [0.4, 0.5) is 13.2 Å². The van der Waals surface area contributed by atoms with Crippen LogP contribution < -0.4 is 0 Å². The monoisotopic (exact) mass is 516 g/mol. The molecule has 11 heteroatoms. The van der Waals surface area contributed by atoms with Gasteiger partial charge in [0, 0.05) is 44.4 Å². The fourth-order valence-corrected chi connectivity index (χ4v) is 5.46. The van der Waals surface area contributed by atoms with E-state index in [0.717, 1.165) is 31.7 Å². The van der Waals surface area contributed by atoms with Gasteiger partial charge in [-0.2, -0.15) is 13.2 Å². The Morgan fingerprint density at radius 1 is 1.31 bits per heavy atom. The first kappa shape index (κ1) is 26.2. The van der Waals surface area contributed by atoms with Crippen LogP contribution in [0.15, 0.2) is 12.3 Å². The van der Waals surface area contributed by atoms with Crippen molar-refractivity contribution >= 4 is 23.2 Å². The Kier molecular flexibility index (Phi) is 7.95. The minimum atomic E-state index is -4.66. The highest BCUT2D eigenvalue weighted by Crippen LogP contribution is 2.37. The van der Waals surface area contributed by atoms with Crippen LogP contribution >= 0.6 is 11.6 Å². The Labute approximate surface area is 207 Å². The average molecular weight is 517 g/mol. The largest absolute Gasteiger partial charge is 0.419 e. The fourth-order valence-electron chi connectivity index (χ4n) is 5.20. The number of hydrogen-bond acceptors (Lipinski definition) is 5. The molecule has 7 nitrogen and oxygen atoms in total. The number of hydrogen-bond donors (Lipinski definition) is 1. The maximum absolute atomic E-state index is 13.9. The van der Waals surface area contributed by atoms with Gasteiger partial charge in [-0.1, -0.05) is 24.4 Å². The zero-order valence-corrected chi connectivity index (χ0v) is 20.8. The molecule has 0 aromatic carbocycles. The highest BCUT2D eigenvalue weighted by Gasteiger charge is 2.37. The number of halogens is 4. The van der Waals surface area contributed by atoms with Crippen LogP contribution in [0, 0.1) is 0 Å². The SMILES string of the molecule is CCN(CCN(C(C)O)C1CCCC1)C(=O)c1nc2c(C(F)(F)F)cc(C3CCOC3)cn2c1Cl. The summed E-state index contributed by atoms with van der Waals surface area (Å²) in [6, 6.07) is 1.35. The van der Waals surface area contributed by atoms with Gasteiger partial charge in [0.1, 0.15) is 11.4 Å². The van der Waals surface area contributed by atoms with Crippen molar-refractivity contribution < 1.29 is 27.8 Å². The summed E-state index contributed by atoms with van der Waals surface area (Å²) >= 11 is 6.47. The molecule has 4 rings (SSSR count). The standard InChI is InChI=1S/C24H32ClF3N4O3/c1-3-30(9-10-31(15(2)33)18-6-4-5-7-18)23(34)20-21(25)32-13-17(16-8-11-35-14-16)12-19(22(32)29-20)24(26,27)28/h12-13,15-16,18,33H,3-11,14H2,1-2H3. The maximum Gasteiger partial charge on any atom is 0.419 e. The van der Waals surface area contributed by atoms with E-state index in [1.807, 2.05) is 4.90 Å². The number of fused-ring (bicyclic) bond motifs is 1. The average Bonchev–Trinajstić information content (AvgIpc) is 3.57. The Morgan fingerprint density at radius 3 is 2.60 bits per heavy atom. The number of likely N-dealkylation sites (N-methyl/N-ethyl adjacent to an activating group) is 1. The first-order valence-corrected chi connectivity index (χ1v) is 12.6. The van der Waals surface area contributed by atoms with E-state index < -0.39 is 23.9 Å². The summed E-state index contributed by atoms with van der Waals surface area (Å²) in [5, 5.41) is 10.1. The summed E-state index contributed by atoms with van der Waals surface area (Å²) in [4.78, 5) is 20.9. The molecule has 1 saturated carbocycles. The Balaban J connectivity index is 1.63. The summed E-state index contributed by atoms with van der Waals surface area (Å²) < 4.78 is 48.3.